The van der Waals surface area contributed by atoms with E-state index in [9.17, 15) is 4.79 Å². The molecule has 0 aliphatic carbocycles. The van der Waals surface area contributed by atoms with Crippen LogP contribution in [-0.4, -0.2) is 55.7 Å². The Labute approximate surface area is 179 Å². The lowest BCUT2D eigenvalue weighted by Gasteiger charge is -2.24. The number of carbonyl (C=O) groups excluding carboxylic acids is 1. The van der Waals surface area contributed by atoms with Crippen molar-refractivity contribution in [1.82, 2.24) is 24.8 Å². The van der Waals surface area contributed by atoms with E-state index in [1.165, 1.54) is 0 Å². The van der Waals surface area contributed by atoms with Gasteiger partial charge in [0.15, 0.2) is 5.82 Å². The smallest absolute Gasteiger partial charge is 0.410 e. The summed E-state index contributed by atoms with van der Waals surface area (Å²) in [5.41, 5.74) is 0.977. The van der Waals surface area contributed by atoms with Gasteiger partial charge in [0.1, 0.15) is 16.6 Å². The molecule has 1 amide bonds. The highest BCUT2D eigenvalue weighted by molar-refractivity contribution is 6.29. The molecule has 1 fully saturated rings. The van der Waals surface area contributed by atoms with Gasteiger partial charge < -0.3 is 15.0 Å². The van der Waals surface area contributed by atoms with Crippen LogP contribution in [0, 0.1) is 0 Å². The van der Waals surface area contributed by atoms with Crippen LogP contribution < -0.4 is 5.32 Å². The number of likely N-dealkylation sites (tertiary alicyclic amines) is 1. The number of ether oxygens (including phenoxy) is 1. The van der Waals surface area contributed by atoms with Crippen LogP contribution in [0.2, 0.25) is 5.15 Å². The Morgan fingerprint density at radius 2 is 2.10 bits per heavy atom. The first-order chi connectivity index (χ1) is 14.3. The van der Waals surface area contributed by atoms with E-state index < -0.39 is 5.60 Å². The van der Waals surface area contributed by atoms with Crippen LogP contribution in [0.25, 0.3) is 22.3 Å². The van der Waals surface area contributed by atoms with Crippen molar-refractivity contribution in [1.29, 1.82) is 0 Å². The van der Waals surface area contributed by atoms with Crippen LogP contribution in [0.5, 0.6) is 0 Å². The third-order valence-electron chi connectivity index (χ3n) is 4.66. The first kappa shape index (κ1) is 20.3. The van der Waals surface area contributed by atoms with Gasteiger partial charge in [0.2, 0.25) is 0 Å². The summed E-state index contributed by atoms with van der Waals surface area (Å²) in [6, 6.07) is 5.47. The molecule has 1 atom stereocenters. The molecule has 4 rings (SSSR count). The second-order valence-electron chi connectivity index (χ2n) is 8.21. The van der Waals surface area contributed by atoms with Crippen LogP contribution in [-0.2, 0) is 4.74 Å². The normalized spacial score (nSPS) is 16.7. The number of rotatable bonds is 3. The predicted molar refractivity (Wildman–Crippen MR) is 115 cm³/mol. The van der Waals surface area contributed by atoms with Crippen LogP contribution in [0.1, 0.15) is 27.2 Å². The zero-order valence-corrected chi connectivity index (χ0v) is 17.8. The zero-order valence-electron chi connectivity index (χ0n) is 17.1. The summed E-state index contributed by atoms with van der Waals surface area (Å²) in [6.07, 6.45) is 5.54. The first-order valence-electron chi connectivity index (χ1n) is 9.77. The zero-order chi connectivity index (χ0) is 21.3. The minimum atomic E-state index is -0.515. The van der Waals surface area contributed by atoms with Gasteiger partial charge in [0.25, 0.3) is 0 Å². The van der Waals surface area contributed by atoms with Gasteiger partial charge in [-0.25, -0.2) is 19.7 Å². The Hall–Kier alpha value is -3.00. The second kappa shape index (κ2) is 8.02. The standard InChI is InChI=1S/C21H23ClN6O2/c1-21(2,3)30-20(29)28-9-6-14(12-28)25-19-15-5-7-23-11-16(15)26-18(27-19)13-4-8-24-17(22)10-13/h4-5,7-8,10-11,14H,6,9,12H2,1-3H3,(H,25,26,27)/t14-/m1/s1. The van der Waals surface area contributed by atoms with Gasteiger partial charge >= 0.3 is 6.09 Å². The number of pyridine rings is 2. The molecule has 0 saturated carbocycles. The van der Waals surface area contributed by atoms with E-state index in [1.54, 1.807) is 29.6 Å². The second-order valence-corrected chi connectivity index (χ2v) is 8.60. The van der Waals surface area contributed by atoms with Crippen LogP contribution in [0.15, 0.2) is 36.8 Å². The Bertz CT molecular complexity index is 1080. The Morgan fingerprint density at radius 1 is 1.27 bits per heavy atom. The maximum absolute atomic E-state index is 12.4. The van der Waals surface area contributed by atoms with Gasteiger partial charge in [-0.15, -0.1) is 0 Å². The molecule has 0 bridgehead atoms. The average molecular weight is 427 g/mol. The molecule has 3 aromatic rings. The largest absolute Gasteiger partial charge is 0.444 e. The SMILES string of the molecule is CC(C)(C)OC(=O)N1CC[C@@H](Nc2nc(-c3ccnc(Cl)c3)nc3cnccc23)C1. The third kappa shape index (κ3) is 4.59. The van der Waals surface area contributed by atoms with E-state index in [0.717, 1.165) is 22.9 Å². The molecule has 156 valence electrons. The lowest BCUT2D eigenvalue weighted by atomic mass is 10.2. The molecule has 1 aliphatic rings. The van der Waals surface area contributed by atoms with Crippen molar-refractivity contribution in [3.8, 4) is 11.4 Å². The van der Waals surface area contributed by atoms with Crippen molar-refractivity contribution in [3.05, 3.63) is 41.9 Å². The summed E-state index contributed by atoms with van der Waals surface area (Å²) >= 11 is 6.04. The van der Waals surface area contributed by atoms with E-state index in [4.69, 9.17) is 21.3 Å². The van der Waals surface area contributed by atoms with Gasteiger partial charge in [-0.2, -0.15) is 0 Å². The molecule has 0 radical (unpaired) electrons. The maximum Gasteiger partial charge on any atom is 0.410 e. The van der Waals surface area contributed by atoms with Gasteiger partial charge in [-0.05, 0) is 45.4 Å². The molecule has 1 saturated heterocycles. The summed E-state index contributed by atoms with van der Waals surface area (Å²) < 4.78 is 5.49. The number of hydrogen-bond donors (Lipinski definition) is 1. The van der Waals surface area contributed by atoms with E-state index in [0.29, 0.717) is 29.9 Å². The molecular weight excluding hydrogens is 404 g/mol. The number of hydrogen-bond acceptors (Lipinski definition) is 7. The lowest BCUT2D eigenvalue weighted by molar-refractivity contribution is 0.0293. The van der Waals surface area contributed by atoms with E-state index in [1.807, 2.05) is 32.9 Å². The number of amides is 1. The highest BCUT2D eigenvalue weighted by Gasteiger charge is 2.30. The number of anilines is 1. The number of halogens is 1. The fourth-order valence-corrected chi connectivity index (χ4v) is 3.50. The summed E-state index contributed by atoms with van der Waals surface area (Å²) in [7, 11) is 0. The molecule has 0 unspecified atom stereocenters. The molecule has 0 spiro atoms. The number of aromatic nitrogens is 4. The molecule has 0 aromatic carbocycles. The highest BCUT2D eigenvalue weighted by atomic mass is 35.5. The van der Waals surface area contributed by atoms with E-state index >= 15 is 0 Å². The van der Waals surface area contributed by atoms with Crippen LogP contribution in [0.4, 0.5) is 10.6 Å². The van der Waals surface area contributed by atoms with Crippen molar-refractivity contribution in [2.45, 2.75) is 38.8 Å². The maximum atomic E-state index is 12.4. The van der Waals surface area contributed by atoms with E-state index in [-0.39, 0.29) is 12.1 Å². The van der Waals surface area contributed by atoms with Crippen molar-refractivity contribution in [3.63, 3.8) is 0 Å². The van der Waals surface area contributed by atoms with Gasteiger partial charge in [-0.1, -0.05) is 11.6 Å². The number of carbonyl (C=O) groups is 1. The highest BCUT2D eigenvalue weighted by Crippen LogP contribution is 2.27. The quantitative estimate of drug-likeness (QED) is 0.628. The van der Waals surface area contributed by atoms with Crippen LogP contribution >= 0.6 is 11.6 Å². The number of nitrogens with zero attached hydrogens (tertiary/aromatic N) is 5. The Kier molecular flexibility index (Phi) is 5.42. The molecule has 1 N–H and O–H groups in total. The van der Waals surface area contributed by atoms with Crippen molar-refractivity contribution in [2.24, 2.45) is 0 Å². The average Bonchev–Trinajstić information content (AvgIpc) is 3.15. The monoisotopic (exact) mass is 426 g/mol. The van der Waals surface area contributed by atoms with Gasteiger partial charge in [0.05, 0.1) is 11.7 Å². The predicted octanol–water partition coefficient (Wildman–Crippen LogP) is 4.16. The number of nitrogens with one attached hydrogen (secondary N) is 1. The van der Waals surface area contributed by atoms with Crippen molar-refractivity contribution < 1.29 is 9.53 Å². The Morgan fingerprint density at radius 3 is 2.87 bits per heavy atom. The summed E-state index contributed by atoms with van der Waals surface area (Å²) in [5.74, 6) is 1.23. The van der Waals surface area contributed by atoms with Gasteiger partial charge in [0, 0.05) is 42.5 Å². The molecule has 8 nitrogen and oxygen atoms in total. The summed E-state index contributed by atoms with van der Waals surface area (Å²) in [5, 5.41) is 4.72. The molecule has 4 heterocycles. The lowest BCUT2D eigenvalue weighted by Crippen LogP contribution is -2.36. The molecule has 3 aromatic heterocycles. The fourth-order valence-electron chi connectivity index (χ4n) is 3.33. The molecule has 9 heteroatoms. The Balaban J connectivity index is 1.59. The fraction of sp³-hybridized carbons (Fsp3) is 0.381. The van der Waals surface area contributed by atoms with E-state index in [2.05, 4.69) is 20.3 Å². The minimum Gasteiger partial charge on any atom is -0.444 e. The van der Waals surface area contributed by atoms with Crippen molar-refractivity contribution in [2.75, 3.05) is 18.4 Å². The summed E-state index contributed by atoms with van der Waals surface area (Å²) in [6.45, 7) is 6.77. The molecule has 30 heavy (non-hydrogen) atoms. The molecule has 1 aliphatic heterocycles. The van der Waals surface area contributed by atoms with Crippen LogP contribution in [0.3, 0.4) is 0 Å². The summed E-state index contributed by atoms with van der Waals surface area (Å²) in [4.78, 5) is 31.6. The molecular formula is C21H23ClN6O2. The topological polar surface area (TPSA) is 93.1 Å². The first-order valence-corrected chi connectivity index (χ1v) is 10.1. The van der Waals surface area contributed by atoms with Gasteiger partial charge in [-0.3, -0.25) is 4.98 Å². The third-order valence-corrected chi connectivity index (χ3v) is 4.87. The van der Waals surface area contributed by atoms with Crippen molar-refractivity contribution >= 4 is 34.4 Å². The minimum absolute atomic E-state index is 0.0534. The number of fused-ring (bicyclic) bond motifs is 1.